The molecule has 0 bridgehead atoms. The van der Waals surface area contributed by atoms with Gasteiger partial charge in [-0.1, -0.05) is 0 Å². The Kier molecular flexibility index (Phi) is 2.34. The van der Waals surface area contributed by atoms with Gasteiger partial charge in [-0.3, -0.25) is 0 Å². The minimum atomic E-state index is 0.619. The third kappa shape index (κ3) is 1.58. The van der Waals surface area contributed by atoms with Crippen molar-refractivity contribution in [3.05, 3.63) is 36.4 Å². The Morgan fingerprint density at radius 3 is 2.44 bits per heavy atom. The van der Waals surface area contributed by atoms with Gasteiger partial charge in [0.25, 0.3) is 0 Å². The summed E-state index contributed by atoms with van der Waals surface area (Å²) in [5.41, 5.74) is 1.31. The first kappa shape index (κ1) is 6.87. The van der Waals surface area contributed by atoms with Crippen LogP contribution in [0.3, 0.4) is 0 Å². The molecule has 1 aromatic carbocycles. The summed E-state index contributed by atoms with van der Waals surface area (Å²) in [5.74, 6) is 0. The molecule has 9 heavy (non-hydrogen) atoms. The van der Waals surface area contributed by atoms with Crippen molar-refractivity contribution in [2.24, 2.45) is 0 Å². The van der Waals surface area contributed by atoms with E-state index in [0.717, 1.165) is 0 Å². The summed E-state index contributed by atoms with van der Waals surface area (Å²) in [5, 5.41) is 0. The normalized spacial score (nSPS) is 9.33. The van der Waals surface area contributed by atoms with Crippen LogP contribution in [-0.4, -0.2) is 22.5 Å². The Balaban J connectivity index is 3.15. The van der Waals surface area contributed by atoms with Crippen LogP contribution in [0.4, 0.5) is 0 Å². The van der Waals surface area contributed by atoms with Gasteiger partial charge in [0.15, 0.2) is 0 Å². The molecule has 0 fully saturated rings. The van der Waals surface area contributed by atoms with Gasteiger partial charge in [0.1, 0.15) is 0 Å². The molecule has 0 unspecified atom stereocenters. The van der Waals surface area contributed by atoms with Crippen molar-refractivity contribution >= 4 is 32.2 Å². The molecule has 0 aromatic heterocycles. The Hall–Kier alpha value is -0.241. The molecule has 0 atom stereocenters. The van der Waals surface area contributed by atoms with Gasteiger partial charge in [0, 0.05) is 0 Å². The monoisotopic (exact) mass is 226 g/mol. The fraction of sp³-hybridized carbons (Fsp3) is 0. The first-order valence-corrected chi connectivity index (χ1v) is 5.88. The van der Waals surface area contributed by atoms with E-state index in [1.54, 1.807) is 0 Å². The molecule has 0 spiro atoms. The second kappa shape index (κ2) is 3.06. The van der Waals surface area contributed by atoms with Gasteiger partial charge >= 0.3 is 68.6 Å². The van der Waals surface area contributed by atoms with Crippen molar-refractivity contribution in [1.29, 1.82) is 0 Å². The van der Waals surface area contributed by atoms with Gasteiger partial charge in [-0.05, 0) is 0 Å². The van der Waals surface area contributed by atoms with Crippen molar-refractivity contribution in [2.75, 3.05) is 0 Å². The van der Waals surface area contributed by atoms with Gasteiger partial charge < -0.3 is 0 Å². The SMILES string of the molecule is C=Cc1cccc[c]1[SnH3]. The molecular formula is C8H10Sn. The van der Waals surface area contributed by atoms with E-state index >= 15 is 0 Å². The summed E-state index contributed by atoms with van der Waals surface area (Å²) in [7, 11) is 0. The average molecular weight is 225 g/mol. The van der Waals surface area contributed by atoms with Gasteiger partial charge in [-0.15, -0.1) is 0 Å². The quantitative estimate of drug-likeness (QED) is 0.603. The van der Waals surface area contributed by atoms with E-state index in [0.29, 0.717) is 22.5 Å². The van der Waals surface area contributed by atoms with Gasteiger partial charge in [-0.25, -0.2) is 0 Å². The van der Waals surface area contributed by atoms with Crippen LogP contribution in [0.2, 0.25) is 0 Å². The second-order valence-corrected chi connectivity index (χ2v) is 5.14. The zero-order chi connectivity index (χ0) is 6.69. The zero-order valence-electron chi connectivity index (χ0n) is 5.59. The second-order valence-electron chi connectivity index (χ2n) is 2.06. The summed E-state index contributed by atoms with van der Waals surface area (Å²) >= 11 is 0.619. The van der Waals surface area contributed by atoms with E-state index in [-0.39, 0.29) is 0 Å². The summed E-state index contributed by atoms with van der Waals surface area (Å²) in [6.07, 6.45) is 1.92. The van der Waals surface area contributed by atoms with Crippen molar-refractivity contribution in [2.45, 2.75) is 0 Å². The average Bonchev–Trinajstić information content (AvgIpc) is 1.89. The molecule has 0 radical (unpaired) electrons. The van der Waals surface area contributed by atoms with Crippen LogP contribution in [0.1, 0.15) is 5.56 Å². The van der Waals surface area contributed by atoms with Crippen LogP contribution in [-0.2, 0) is 0 Å². The van der Waals surface area contributed by atoms with Gasteiger partial charge in [0.05, 0.1) is 0 Å². The molecule has 0 saturated heterocycles. The van der Waals surface area contributed by atoms with E-state index in [1.807, 2.05) is 6.08 Å². The topological polar surface area (TPSA) is 0 Å². The molecule has 1 rings (SSSR count). The summed E-state index contributed by atoms with van der Waals surface area (Å²) in [6, 6.07) is 8.42. The number of hydrogen-bond donors (Lipinski definition) is 0. The van der Waals surface area contributed by atoms with Crippen LogP contribution < -0.4 is 3.58 Å². The van der Waals surface area contributed by atoms with Crippen molar-refractivity contribution < 1.29 is 0 Å². The Morgan fingerprint density at radius 2 is 2.00 bits per heavy atom. The number of benzene rings is 1. The van der Waals surface area contributed by atoms with Crippen LogP contribution in [0.5, 0.6) is 0 Å². The molecule has 0 aliphatic rings. The zero-order valence-corrected chi connectivity index (χ0v) is 11.3. The first-order chi connectivity index (χ1) is 4.34. The summed E-state index contributed by atoms with van der Waals surface area (Å²) < 4.78 is 1.49. The molecule has 46 valence electrons. The predicted octanol–water partition coefficient (Wildman–Crippen LogP) is 0.320. The predicted molar refractivity (Wildman–Crippen MR) is 46.1 cm³/mol. The minimum absolute atomic E-state index is 0.619. The molecule has 0 aliphatic heterocycles. The molecule has 1 aromatic rings. The molecule has 0 N–H and O–H groups in total. The van der Waals surface area contributed by atoms with Crippen LogP contribution in [0, 0.1) is 0 Å². The Bertz CT molecular complexity index is 216. The Morgan fingerprint density at radius 1 is 1.33 bits per heavy atom. The van der Waals surface area contributed by atoms with Crippen molar-refractivity contribution in [3.63, 3.8) is 0 Å². The fourth-order valence-corrected chi connectivity index (χ4v) is 2.42. The maximum absolute atomic E-state index is 3.73. The summed E-state index contributed by atoms with van der Waals surface area (Å²) in [6.45, 7) is 3.73. The molecule has 0 saturated carbocycles. The third-order valence-corrected chi connectivity index (χ3v) is 4.01. The molecule has 0 amide bonds. The van der Waals surface area contributed by atoms with Crippen molar-refractivity contribution in [1.82, 2.24) is 0 Å². The maximum atomic E-state index is 3.73. The van der Waals surface area contributed by atoms with E-state index in [9.17, 15) is 0 Å². The Labute approximate surface area is 68.7 Å². The third-order valence-electron chi connectivity index (χ3n) is 1.41. The number of hydrogen-bond acceptors (Lipinski definition) is 0. The molecule has 0 aliphatic carbocycles. The van der Waals surface area contributed by atoms with E-state index in [2.05, 4.69) is 30.8 Å². The summed E-state index contributed by atoms with van der Waals surface area (Å²) in [4.78, 5) is 0. The van der Waals surface area contributed by atoms with E-state index < -0.39 is 0 Å². The van der Waals surface area contributed by atoms with E-state index in [4.69, 9.17) is 0 Å². The first-order valence-electron chi connectivity index (χ1n) is 3.02. The van der Waals surface area contributed by atoms with E-state index in [1.165, 1.54) is 9.14 Å². The number of rotatable bonds is 1. The molecule has 0 nitrogen and oxygen atoms in total. The fourth-order valence-electron chi connectivity index (χ4n) is 0.816. The molecular weight excluding hydrogens is 215 g/mol. The van der Waals surface area contributed by atoms with Crippen LogP contribution in [0.25, 0.3) is 6.08 Å². The van der Waals surface area contributed by atoms with Gasteiger partial charge in [0.2, 0.25) is 0 Å². The van der Waals surface area contributed by atoms with Gasteiger partial charge in [-0.2, -0.15) is 0 Å². The molecule has 0 heterocycles. The molecule has 1 heteroatoms. The van der Waals surface area contributed by atoms with Crippen LogP contribution in [0.15, 0.2) is 30.8 Å². The standard InChI is InChI=1S/C8H7.Sn.3H/c1-2-8-6-4-3-5-7-8;;;;/h2-6H,1H2;;;;. The van der Waals surface area contributed by atoms with Crippen molar-refractivity contribution in [3.8, 4) is 0 Å². The van der Waals surface area contributed by atoms with Crippen LogP contribution >= 0.6 is 0 Å².